The van der Waals surface area contributed by atoms with Gasteiger partial charge in [0.1, 0.15) is 0 Å². The Kier molecular flexibility index (Phi) is 5.43. The molecule has 0 atom stereocenters. The standard InChI is InChI=1S/C17H18F3N3O/c1-11(2)8-22-15-6-12(9-21-10-15)16(24)23-14-5-3-4-13(7-14)17(18,19)20/h3-7,9-11,22H,8H2,1-2H3,(H,23,24). The Morgan fingerprint density at radius 1 is 1.17 bits per heavy atom. The second kappa shape index (κ2) is 7.33. The van der Waals surface area contributed by atoms with Gasteiger partial charge in [0.05, 0.1) is 16.8 Å². The Labute approximate surface area is 138 Å². The fourth-order valence-electron chi connectivity index (χ4n) is 1.96. The van der Waals surface area contributed by atoms with Crippen molar-refractivity contribution in [2.75, 3.05) is 17.2 Å². The van der Waals surface area contributed by atoms with E-state index < -0.39 is 17.6 Å². The van der Waals surface area contributed by atoms with Gasteiger partial charge in [0.2, 0.25) is 0 Å². The molecule has 1 heterocycles. The van der Waals surface area contributed by atoms with Gasteiger partial charge < -0.3 is 10.6 Å². The first-order valence-corrected chi connectivity index (χ1v) is 7.43. The molecule has 1 aromatic carbocycles. The van der Waals surface area contributed by atoms with E-state index in [9.17, 15) is 18.0 Å². The summed E-state index contributed by atoms with van der Waals surface area (Å²) in [7, 11) is 0. The molecule has 7 heteroatoms. The SMILES string of the molecule is CC(C)CNc1cncc(C(=O)Nc2cccc(C(F)(F)F)c2)c1. The van der Waals surface area contributed by atoms with Crippen LogP contribution in [-0.4, -0.2) is 17.4 Å². The van der Waals surface area contributed by atoms with Gasteiger partial charge in [0.15, 0.2) is 0 Å². The zero-order valence-electron chi connectivity index (χ0n) is 13.3. The molecule has 1 amide bonds. The van der Waals surface area contributed by atoms with Gasteiger partial charge in [-0.2, -0.15) is 13.2 Å². The number of anilines is 2. The highest BCUT2D eigenvalue weighted by atomic mass is 19.4. The molecular formula is C17H18F3N3O. The number of carbonyl (C=O) groups is 1. The molecule has 24 heavy (non-hydrogen) atoms. The van der Waals surface area contributed by atoms with E-state index in [1.165, 1.54) is 18.3 Å². The highest BCUT2D eigenvalue weighted by molar-refractivity contribution is 6.04. The molecule has 0 saturated heterocycles. The van der Waals surface area contributed by atoms with Gasteiger partial charge in [0, 0.05) is 24.6 Å². The first-order valence-electron chi connectivity index (χ1n) is 7.43. The minimum Gasteiger partial charge on any atom is -0.384 e. The number of carbonyl (C=O) groups excluding carboxylic acids is 1. The number of alkyl halides is 3. The van der Waals surface area contributed by atoms with Gasteiger partial charge in [-0.15, -0.1) is 0 Å². The van der Waals surface area contributed by atoms with Crippen LogP contribution in [0, 0.1) is 5.92 Å². The molecule has 0 bridgehead atoms. The van der Waals surface area contributed by atoms with Crippen LogP contribution in [0.1, 0.15) is 29.8 Å². The Morgan fingerprint density at radius 3 is 2.58 bits per heavy atom. The summed E-state index contributed by atoms with van der Waals surface area (Å²) in [5.41, 5.74) is 0.211. The lowest BCUT2D eigenvalue weighted by molar-refractivity contribution is -0.137. The van der Waals surface area contributed by atoms with Gasteiger partial charge in [0.25, 0.3) is 5.91 Å². The summed E-state index contributed by atoms with van der Waals surface area (Å²) in [6.07, 6.45) is -1.50. The Hall–Kier alpha value is -2.57. The third-order valence-electron chi connectivity index (χ3n) is 3.16. The van der Waals surface area contributed by atoms with Crippen LogP contribution >= 0.6 is 0 Å². The molecule has 4 nitrogen and oxygen atoms in total. The molecule has 0 aliphatic heterocycles. The van der Waals surface area contributed by atoms with Crippen molar-refractivity contribution in [1.29, 1.82) is 0 Å². The summed E-state index contributed by atoms with van der Waals surface area (Å²) in [6, 6.07) is 6.11. The zero-order valence-corrected chi connectivity index (χ0v) is 13.3. The van der Waals surface area contributed by atoms with Crippen molar-refractivity contribution in [2.45, 2.75) is 20.0 Å². The average molecular weight is 337 g/mol. The lowest BCUT2D eigenvalue weighted by Gasteiger charge is -2.11. The topological polar surface area (TPSA) is 54.0 Å². The predicted molar refractivity (Wildman–Crippen MR) is 87.0 cm³/mol. The highest BCUT2D eigenvalue weighted by Gasteiger charge is 2.30. The molecule has 2 rings (SSSR count). The number of amides is 1. The molecular weight excluding hydrogens is 319 g/mol. The number of nitrogens with zero attached hydrogens (tertiary/aromatic N) is 1. The number of hydrogen-bond donors (Lipinski definition) is 2. The third kappa shape index (κ3) is 4.97. The summed E-state index contributed by atoms with van der Waals surface area (Å²) in [6.45, 7) is 4.82. The van der Waals surface area contributed by atoms with Crippen molar-refractivity contribution in [3.63, 3.8) is 0 Å². The van der Waals surface area contributed by atoms with E-state index in [2.05, 4.69) is 15.6 Å². The van der Waals surface area contributed by atoms with Gasteiger partial charge >= 0.3 is 6.18 Å². The van der Waals surface area contributed by atoms with Gasteiger partial charge in [-0.1, -0.05) is 19.9 Å². The first kappa shape index (κ1) is 17.8. The van der Waals surface area contributed by atoms with Crippen molar-refractivity contribution in [3.05, 3.63) is 53.9 Å². The van der Waals surface area contributed by atoms with Crippen molar-refractivity contribution in [1.82, 2.24) is 4.98 Å². The van der Waals surface area contributed by atoms with Crippen LogP contribution in [0.15, 0.2) is 42.7 Å². The number of pyridine rings is 1. The predicted octanol–water partition coefficient (Wildman–Crippen LogP) is 4.42. The molecule has 1 aromatic heterocycles. The quantitative estimate of drug-likeness (QED) is 0.849. The van der Waals surface area contributed by atoms with E-state index in [-0.39, 0.29) is 11.3 Å². The Morgan fingerprint density at radius 2 is 1.92 bits per heavy atom. The summed E-state index contributed by atoms with van der Waals surface area (Å²) in [5, 5.41) is 5.60. The van der Waals surface area contributed by atoms with Crippen LogP contribution in [0.2, 0.25) is 0 Å². The highest BCUT2D eigenvalue weighted by Crippen LogP contribution is 2.30. The zero-order chi connectivity index (χ0) is 17.7. The summed E-state index contributed by atoms with van der Waals surface area (Å²) >= 11 is 0. The van der Waals surface area contributed by atoms with Gasteiger partial charge in [-0.05, 0) is 30.2 Å². The van der Waals surface area contributed by atoms with Gasteiger partial charge in [-0.25, -0.2) is 0 Å². The molecule has 0 aliphatic rings. The number of hydrogen-bond acceptors (Lipinski definition) is 3. The van der Waals surface area contributed by atoms with Crippen LogP contribution < -0.4 is 10.6 Å². The van der Waals surface area contributed by atoms with Crippen molar-refractivity contribution < 1.29 is 18.0 Å². The number of rotatable bonds is 5. The van der Waals surface area contributed by atoms with Crippen molar-refractivity contribution >= 4 is 17.3 Å². The molecule has 0 radical (unpaired) electrons. The second-order valence-electron chi connectivity index (χ2n) is 5.77. The smallest absolute Gasteiger partial charge is 0.384 e. The Bertz CT molecular complexity index is 714. The second-order valence-corrected chi connectivity index (χ2v) is 5.77. The average Bonchev–Trinajstić information content (AvgIpc) is 2.52. The van der Waals surface area contributed by atoms with Crippen molar-refractivity contribution in [2.24, 2.45) is 5.92 Å². The molecule has 0 aliphatic carbocycles. The van der Waals surface area contributed by atoms with E-state index in [1.54, 1.807) is 12.3 Å². The molecule has 0 unspecified atom stereocenters. The monoisotopic (exact) mass is 337 g/mol. The fraction of sp³-hybridized carbons (Fsp3) is 0.294. The van der Waals surface area contributed by atoms with E-state index in [4.69, 9.17) is 0 Å². The van der Waals surface area contributed by atoms with Crippen LogP contribution in [-0.2, 0) is 6.18 Å². The normalized spacial score (nSPS) is 11.4. The van der Waals surface area contributed by atoms with E-state index in [0.717, 1.165) is 18.7 Å². The lowest BCUT2D eigenvalue weighted by atomic mass is 10.2. The maximum atomic E-state index is 12.7. The van der Waals surface area contributed by atoms with Crippen LogP contribution in [0.25, 0.3) is 0 Å². The summed E-state index contributed by atoms with van der Waals surface area (Å²) in [5.74, 6) is -0.0948. The number of benzene rings is 1. The van der Waals surface area contributed by atoms with Crippen LogP contribution in [0.4, 0.5) is 24.5 Å². The molecule has 2 N–H and O–H groups in total. The third-order valence-corrected chi connectivity index (χ3v) is 3.16. The maximum Gasteiger partial charge on any atom is 0.416 e. The maximum absolute atomic E-state index is 12.7. The summed E-state index contributed by atoms with van der Waals surface area (Å²) < 4.78 is 38.1. The van der Waals surface area contributed by atoms with Crippen LogP contribution in [0.3, 0.4) is 0 Å². The molecule has 0 fully saturated rings. The number of nitrogens with one attached hydrogen (secondary N) is 2. The molecule has 0 spiro atoms. The van der Waals surface area contributed by atoms with Crippen LogP contribution in [0.5, 0.6) is 0 Å². The minimum atomic E-state index is -4.46. The van der Waals surface area contributed by atoms with Crippen molar-refractivity contribution in [3.8, 4) is 0 Å². The lowest BCUT2D eigenvalue weighted by Crippen LogP contribution is -2.14. The van der Waals surface area contributed by atoms with E-state index >= 15 is 0 Å². The number of aromatic nitrogens is 1. The Balaban J connectivity index is 2.11. The summed E-state index contributed by atoms with van der Waals surface area (Å²) in [4.78, 5) is 16.2. The van der Waals surface area contributed by atoms with E-state index in [1.807, 2.05) is 13.8 Å². The molecule has 2 aromatic rings. The molecule has 0 saturated carbocycles. The van der Waals surface area contributed by atoms with Gasteiger partial charge in [-0.3, -0.25) is 9.78 Å². The number of halogens is 3. The van der Waals surface area contributed by atoms with E-state index in [0.29, 0.717) is 11.6 Å². The fourth-order valence-corrected chi connectivity index (χ4v) is 1.96. The largest absolute Gasteiger partial charge is 0.416 e. The molecule has 128 valence electrons. The minimum absolute atomic E-state index is 0.0790. The first-order chi connectivity index (χ1) is 11.3.